The largest absolute Gasteiger partial charge is 0.353 e. The van der Waals surface area contributed by atoms with Gasteiger partial charge in [-0.05, 0) is 19.1 Å². The molecule has 0 amide bonds. The minimum Gasteiger partial charge on any atom is -0.290 e. The van der Waals surface area contributed by atoms with E-state index in [2.05, 4.69) is 22.5 Å². The Balaban J connectivity index is 2.81. The summed E-state index contributed by atoms with van der Waals surface area (Å²) >= 11 is 0. The highest BCUT2D eigenvalue weighted by Crippen LogP contribution is 2.08. The molecule has 3 heteroatoms. The molecule has 2 rings (SSSR count). The molecule has 0 aliphatic heterocycles. The topological polar surface area (TPSA) is 45.7 Å². The molecule has 0 aliphatic carbocycles. The van der Waals surface area contributed by atoms with Gasteiger partial charge in [0, 0.05) is 0 Å². The Bertz CT molecular complexity index is 403. The van der Waals surface area contributed by atoms with Crippen molar-refractivity contribution >= 4 is 17.0 Å². The zero-order valence-electron chi connectivity index (χ0n) is 7.04. The Kier molecular flexibility index (Phi) is 1.50. The molecular formula is C9H12N3+. The van der Waals surface area contributed by atoms with Gasteiger partial charge >= 0.3 is 5.95 Å². The molecule has 12 heavy (non-hydrogen) atoms. The molecule has 1 heterocycles. The Labute approximate surface area is 70.8 Å². The van der Waals surface area contributed by atoms with Crippen molar-refractivity contribution in [2.45, 2.75) is 13.5 Å². The van der Waals surface area contributed by atoms with E-state index in [9.17, 15) is 0 Å². The third-order valence-electron chi connectivity index (χ3n) is 2.06. The fourth-order valence-electron chi connectivity index (χ4n) is 1.49. The molecule has 0 saturated carbocycles. The van der Waals surface area contributed by atoms with Gasteiger partial charge in [0.1, 0.15) is 11.0 Å². The number of anilines is 1. The van der Waals surface area contributed by atoms with E-state index in [1.807, 2.05) is 18.2 Å². The summed E-state index contributed by atoms with van der Waals surface area (Å²) in [5, 5.41) is 0. The van der Waals surface area contributed by atoms with Crippen LogP contribution in [0.4, 0.5) is 5.95 Å². The Hall–Kier alpha value is -1.51. The maximum absolute atomic E-state index is 5.77. The first-order valence-corrected chi connectivity index (χ1v) is 4.09. The van der Waals surface area contributed by atoms with Crippen molar-refractivity contribution in [2.75, 3.05) is 5.73 Å². The zero-order chi connectivity index (χ0) is 8.55. The molecule has 0 spiro atoms. The SMILES string of the molecule is CC[n+]1c(N)[nH]c2ccccc21. The van der Waals surface area contributed by atoms with Crippen LogP contribution in [-0.2, 0) is 6.54 Å². The van der Waals surface area contributed by atoms with Gasteiger partial charge in [-0.15, -0.1) is 0 Å². The van der Waals surface area contributed by atoms with Gasteiger partial charge in [0.2, 0.25) is 0 Å². The lowest BCUT2D eigenvalue weighted by atomic mass is 10.3. The second kappa shape index (κ2) is 2.52. The lowest BCUT2D eigenvalue weighted by Gasteiger charge is -1.92. The zero-order valence-corrected chi connectivity index (χ0v) is 7.04. The van der Waals surface area contributed by atoms with Gasteiger partial charge in [0.25, 0.3) is 0 Å². The molecule has 0 bridgehead atoms. The fraction of sp³-hybridized carbons (Fsp3) is 0.222. The summed E-state index contributed by atoms with van der Waals surface area (Å²) in [6, 6.07) is 8.10. The van der Waals surface area contributed by atoms with Crippen LogP contribution in [0.3, 0.4) is 0 Å². The van der Waals surface area contributed by atoms with E-state index in [-0.39, 0.29) is 0 Å². The summed E-state index contributed by atoms with van der Waals surface area (Å²) in [6.07, 6.45) is 0. The van der Waals surface area contributed by atoms with Crippen LogP contribution in [0.25, 0.3) is 11.0 Å². The molecule has 3 nitrogen and oxygen atoms in total. The summed E-state index contributed by atoms with van der Waals surface area (Å²) < 4.78 is 2.05. The average molecular weight is 162 g/mol. The molecule has 0 aliphatic rings. The first kappa shape index (κ1) is 7.16. The minimum atomic E-state index is 0.721. The number of nitrogens with one attached hydrogen (secondary N) is 1. The lowest BCUT2D eigenvalue weighted by Crippen LogP contribution is -2.34. The minimum absolute atomic E-state index is 0.721. The van der Waals surface area contributed by atoms with Crippen LogP contribution in [-0.4, -0.2) is 4.98 Å². The van der Waals surface area contributed by atoms with Gasteiger partial charge in [-0.2, -0.15) is 0 Å². The van der Waals surface area contributed by atoms with Crippen LogP contribution < -0.4 is 10.3 Å². The van der Waals surface area contributed by atoms with Crippen LogP contribution in [0.5, 0.6) is 0 Å². The third-order valence-corrected chi connectivity index (χ3v) is 2.06. The number of benzene rings is 1. The Morgan fingerprint density at radius 2 is 2.17 bits per heavy atom. The van der Waals surface area contributed by atoms with Crippen molar-refractivity contribution in [2.24, 2.45) is 0 Å². The van der Waals surface area contributed by atoms with Crippen LogP contribution in [0.1, 0.15) is 6.92 Å². The average Bonchev–Trinajstić information content (AvgIpc) is 2.40. The quantitative estimate of drug-likeness (QED) is 0.605. The molecule has 1 aromatic carbocycles. The molecule has 3 N–H and O–H groups in total. The summed E-state index contributed by atoms with van der Waals surface area (Å²) in [5.41, 5.74) is 8.03. The van der Waals surface area contributed by atoms with E-state index in [1.54, 1.807) is 0 Å². The number of nitrogens with two attached hydrogens (primary N) is 1. The highest BCUT2D eigenvalue weighted by Gasteiger charge is 2.10. The van der Waals surface area contributed by atoms with Crippen molar-refractivity contribution in [3.63, 3.8) is 0 Å². The van der Waals surface area contributed by atoms with Crippen LogP contribution in [0.2, 0.25) is 0 Å². The Morgan fingerprint density at radius 3 is 2.92 bits per heavy atom. The fourth-order valence-corrected chi connectivity index (χ4v) is 1.49. The number of aryl methyl sites for hydroxylation is 1. The summed E-state index contributed by atoms with van der Waals surface area (Å²) in [6.45, 7) is 2.98. The number of imidazole rings is 1. The molecule has 2 aromatic rings. The number of para-hydroxylation sites is 2. The standard InChI is InChI=1S/C9H11N3/c1-2-12-8-6-4-3-5-7(8)11-9(12)10/h3-6H,2H2,1H3,(H2,10,11)/p+1. The van der Waals surface area contributed by atoms with Crippen LogP contribution in [0, 0.1) is 0 Å². The molecule has 0 radical (unpaired) electrons. The normalized spacial score (nSPS) is 10.8. The summed E-state index contributed by atoms with van der Waals surface area (Å²) in [4.78, 5) is 3.12. The second-order valence-electron chi connectivity index (χ2n) is 2.77. The molecule has 1 aromatic heterocycles. The first-order valence-electron chi connectivity index (χ1n) is 4.09. The number of nitrogens with zero attached hydrogens (tertiary/aromatic N) is 1. The second-order valence-corrected chi connectivity index (χ2v) is 2.77. The number of aromatic amines is 1. The molecular weight excluding hydrogens is 150 g/mol. The predicted molar refractivity (Wildman–Crippen MR) is 48.6 cm³/mol. The first-order chi connectivity index (χ1) is 5.83. The predicted octanol–water partition coefficient (Wildman–Crippen LogP) is 1.06. The monoisotopic (exact) mass is 162 g/mol. The van der Waals surface area contributed by atoms with Gasteiger partial charge < -0.3 is 0 Å². The summed E-state index contributed by atoms with van der Waals surface area (Å²) in [5.74, 6) is 0.721. The summed E-state index contributed by atoms with van der Waals surface area (Å²) in [7, 11) is 0. The Morgan fingerprint density at radius 1 is 1.42 bits per heavy atom. The number of hydrogen-bond acceptors (Lipinski definition) is 1. The van der Waals surface area contributed by atoms with E-state index in [0.29, 0.717) is 0 Å². The molecule has 0 saturated heterocycles. The van der Waals surface area contributed by atoms with Gasteiger partial charge in [-0.25, -0.2) is 9.55 Å². The van der Waals surface area contributed by atoms with E-state index >= 15 is 0 Å². The van der Waals surface area contributed by atoms with E-state index < -0.39 is 0 Å². The molecule has 0 unspecified atom stereocenters. The highest BCUT2D eigenvalue weighted by atomic mass is 15.1. The van der Waals surface area contributed by atoms with Crippen molar-refractivity contribution < 1.29 is 4.57 Å². The molecule has 0 atom stereocenters. The van der Waals surface area contributed by atoms with Crippen LogP contribution >= 0.6 is 0 Å². The molecule has 62 valence electrons. The highest BCUT2D eigenvalue weighted by molar-refractivity contribution is 5.72. The number of rotatable bonds is 1. The lowest BCUT2D eigenvalue weighted by molar-refractivity contribution is -0.652. The van der Waals surface area contributed by atoms with Crippen molar-refractivity contribution in [3.8, 4) is 0 Å². The van der Waals surface area contributed by atoms with Gasteiger partial charge in [-0.1, -0.05) is 12.1 Å². The maximum atomic E-state index is 5.77. The number of fused-ring (bicyclic) bond motifs is 1. The van der Waals surface area contributed by atoms with Gasteiger partial charge in [0.05, 0.1) is 6.54 Å². The van der Waals surface area contributed by atoms with Crippen molar-refractivity contribution in [1.82, 2.24) is 4.98 Å². The van der Waals surface area contributed by atoms with Crippen LogP contribution in [0.15, 0.2) is 24.3 Å². The molecule has 0 fully saturated rings. The number of nitrogen functional groups attached to an aromatic ring is 1. The number of H-pyrrole nitrogens is 1. The maximum Gasteiger partial charge on any atom is 0.353 e. The van der Waals surface area contributed by atoms with Crippen molar-refractivity contribution in [3.05, 3.63) is 24.3 Å². The number of hydrogen-bond donors (Lipinski definition) is 2. The van der Waals surface area contributed by atoms with E-state index in [0.717, 1.165) is 23.5 Å². The van der Waals surface area contributed by atoms with E-state index in [4.69, 9.17) is 5.73 Å². The number of aromatic nitrogens is 2. The van der Waals surface area contributed by atoms with Gasteiger partial charge in [-0.3, -0.25) is 5.73 Å². The smallest absolute Gasteiger partial charge is 0.290 e. The van der Waals surface area contributed by atoms with Crippen molar-refractivity contribution in [1.29, 1.82) is 0 Å². The third kappa shape index (κ3) is 0.863. The van der Waals surface area contributed by atoms with E-state index in [1.165, 1.54) is 0 Å². The van der Waals surface area contributed by atoms with Gasteiger partial charge in [0.15, 0.2) is 0 Å².